The maximum absolute atomic E-state index is 10.7. The average Bonchev–Trinajstić information content (AvgIpc) is 2.79. The lowest BCUT2D eigenvalue weighted by atomic mass is 9.85. The molecule has 0 radical (unpaired) electrons. The number of rotatable bonds is 0. The molecule has 7 rings (SSSR count). The Morgan fingerprint density at radius 2 is 1.03 bits per heavy atom. The average molecular weight is 384 g/mol. The molecule has 0 saturated carbocycles. The molecule has 30 heavy (non-hydrogen) atoms. The molecular weight excluding hydrogens is 368 g/mol. The van der Waals surface area contributed by atoms with Gasteiger partial charge in [-0.1, -0.05) is 60.7 Å². The van der Waals surface area contributed by atoms with E-state index < -0.39 is 0 Å². The van der Waals surface area contributed by atoms with Crippen LogP contribution in [0.4, 0.5) is 0 Å². The Kier molecular flexibility index (Phi) is 2.80. The van der Waals surface area contributed by atoms with E-state index in [0.717, 1.165) is 21.5 Å². The zero-order chi connectivity index (χ0) is 20.0. The second kappa shape index (κ2) is 5.31. The van der Waals surface area contributed by atoms with Crippen LogP contribution in [0.2, 0.25) is 0 Å². The lowest BCUT2D eigenvalue weighted by molar-refractivity contribution is 0.408. The summed E-state index contributed by atoms with van der Waals surface area (Å²) in [7, 11) is 0. The first-order valence-corrected chi connectivity index (χ1v) is 10.1. The largest absolute Gasteiger partial charge is 0.504 e. The minimum absolute atomic E-state index is 0.0637. The lowest BCUT2D eigenvalue weighted by Crippen LogP contribution is -1.90. The van der Waals surface area contributed by atoms with Gasteiger partial charge in [0.05, 0.1) is 0 Å². The van der Waals surface area contributed by atoms with Crippen molar-refractivity contribution in [2.45, 2.75) is 0 Å². The zero-order valence-corrected chi connectivity index (χ0v) is 16.0. The van der Waals surface area contributed by atoms with E-state index in [1.165, 1.54) is 37.7 Å². The number of aromatic hydroxyl groups is 2. The molecule has 7 aromatic rings. The van der Waals surface area contributed by atoms with E-state index in [0.29, 0.717) is 5.39 Å². The van der Waals surface area contributed by atoms with Crippen LogP contribution >= 0.6 is 0 Å². The van der Waals surface area contributed by atoms with Gasteiger partial charge >= 0.3 is 0 Å². The summed E-state index contributed by atoms with van der Waals surface area (Å²) in [5.74, 6) is -0.157. The monoisotopic (exact) mass is 384 g/mol. The summed E-state index contributed by atoms with van der Waals surface area (Å²) in [6.07, 6.45) is 0. The molecule has 140 valence electrons. The number of fused-ring (bicyclic) bond motifs is 6. The maximum atomic E-state index is 10.7. The first-order valence-electron chi connectivity index (χ1n) is 10.1. The highest BCUT2D eigenvalue weighted by molar-refractivity contribution is 6.41. The number of phenols is 2. The summed E-state index contributed by atoms with van der Waals surface area (Å²) in [5, 5.41) is 34.4. The maximum Gasteiger partial charge on any atom is 0.165 e. The van der Waals surface area contributed by atoms with Crippen LogP contribution in [-0.2, 0) is 0 Å². The predicted octanol–water partition coefficient (Wildman–Crippen LogP) is 7.45. The molecule has 0 fully saturated rings. The van der Waals surface area contributed by atoms with Crippen molar-refractivity contribution >= 4 is 64.6 Å². The first kappa shape index (κ1) is 15.8. The second-order valence-electron chi connectivity index (χ2n) is 8.06. The molecule has 0 aromatic heterocycles. The van der Waals surface area contributed by atoms with E-state index in [1.807, 2.05) is 18.2 Å². The summed E-state index contributed by atoms with van der Waals surface area (Å²) in [4.78, 5) is 0. The molecule has 2 heteroatoms. The summed E-state index contributed by atoms with van der Waals surface area (Å²) in [5.41, 5.74) is 0. The van der Waals surface area contributed by atoms with Crippen molar-refractivity contribution in [3.63, 3.8) is 0 Å². The Labute approximate surface area is 171 Å². The molecule has 0 atom stereocenters. The second-order valence-corrected chi connectivity index (χ2v) is 8.06. The van der Waals surface area contributed by atoms with Crippen molar-refractivity contribution in [3.05, 3.63) is 84.9 Å². The SMILES string of the molecule is Oc1ccc2c(cc3c4ccccc4cc4c5cccc6cccc(c65)c2c34)c1O. The molecule has 0 unspecified atom stereocenters. The summed E-state index contributed by atoms with van der Waals surface area (Å²) in [6.45, 7) is 0. The zero-order valence-electron chi connectivity index (χ0n) is 16.0. The van der Waals surface area contributed by atoms with Crippen molar-refractivity contribution in [1.82, 2.24) is 0 Å². The third-order valence-electron chi connectivity index (χ3n) is 6.56. The van der Waals surface area contributed by atoms with E-state index in [1.54, 1.807) is 6.07 Å². The molecule has 0 amide bonds. The topological polar surface area (TPSA) is 40.5 Å². The van der Waals surface area contributed by atoms with Crippen LogP contribution < -0.4 is 0 Å². The van der Waals surface area contributed by atoms with Crippen molar-refractivity contribution in [2.75, 3.05) is 0 Å². The fourth-order valence-electron chi connectivity index (χ4n) is 5.30. The van der Waals surface area contributed by atoms with Crippen LogP contribution in [-0.4, -0.2) is 10.2 Å². The van der Waals surface area contributed by atoms with Crippen molar-refractivity contribution in [2.24, 2.45) is 0 Å². The highest BCUT2D eigenvalue weighted by Gasteiger charge is 2.19. The fourth-order valence-corrected chi connectivity index (χ4v) is 5.30. The van der Waals surface area contributed by atoms with Crippen molar-refractivity contribution in [3.8, 4) is 11.5 Å². The highest BCUT2D eigenvalue weighted by Crippen LogP contribution is 2.48. The van der Waals surface area contributed by atoms with Crippen LogP contribution in [0, 0.1) is 0 Å². The van der Waals surface area contributed by atoms with Gasteiger partial charge in [-0.2, -0.15) is 0 Å². The van der Waals surface area contributed by atoms with Crippen molar-refractivity contribution in [1.29, 1.82) is 0 Å². The van der Waals surface area contributed by atoms with E-state index in [-0.39, 0.29) is 11.5 Å². The van der Waals surface area contributed by atoms with E-state index in [2.05, 4.69) is 60.7 Å². The molecule has 2 nitrogen and oxygen atoms in total. The lowest BCUT2D eigenvalue weighted by Gasteiger charge is -2.18. The van der Waals surface area contributed by atoms with Gasteiger partial charge in [0.15, 0.2) is 11.5 Å². The Bertz CT molecular complexity index is 1810. The molecule has 0 heterocycles. The first-order chi connectivity index (χ1) is 14.7. The van der Waals surface area contributed by atoms with Gasteiger partial charge in [-0.15, -0.1) is 0 Å². The number of hydrogen-bond acceptors (Lipinski definition) is 2. The molecule has 2 N–H and O–H groups in total. The Morgan fingerprint density at radius 3 is 1.90 bits per heavy atom. The van der Waals surface area contributed by atoms with Crippen molar-refractivity contribution < 1.29 is 10.2 Å². The number of phenolic OH excluding ortho intramolecular Hbond substituents is 2. The number of hydrogen-bond donors (Lipinski definition) is 2. The standard InChI is InChI=1S/C28H16O2/c29-24-12-11-19-23(28(24)30)14-22-17-8-2-1-5-16(17)13-21-18-9-3-6-15-7-4-10-20(25(15)18)26(19)27(21)22/h1-14,29-30H. The third-order valence-corrected chi connectivity index (χ3v) is 6.56. The minimum Gasteiger partial charge on any atom is -0.504 e. The normalized spacial score (nSPS) is 12.3. The smallest absolute Gasteiger partial charge is 0.165 e. The van der Waals surface area contributed by atoms with E-state index >= 15 is 0 Å². The Balaban J connectivity index is 1.98. The van der Waals surface area contributed by atoms with Gasteiger partial charge in [0, 0.05) is 5.39 Å². The molecule has 0 aliphatic rings. The van der Waals surface area contributed by atoms with Crippen LogP contribution in [0.25, 0.3) is 64.6 Å². The van der Waals surface area contributed by atoms with E-state index in [9.17, 15) is 10.2 Å². The van der Waals surface area contributed by atoms with Crippen LogP contribution in [0.15, 0.2) is 84.9 Å². The minimum atomic E-state index is -0.0936. The van der Waals surface area contributed by atoms with Crippen LogP contribution in [0.3, 0.4) is 0 Å². The van der Waals surface area contributed by atoms with Gasteiger partial charge in [-0.05, 0) is 83.5 Å². The van der Waals surface area contributed by atoms with Crippen LogP contribution in [0.5, 0.6) is 11.5 Å². The Morgan fingerprint density at radius 1 is 0.400 bits per heavy atom. The predicted molar refractivity (Wildman–Crippen MR) is 126 cm³/mol. The van der Waals surface area contributed by atoms with Gasteiger partial charge in [-0.3, -0.25) is 0 Å². The molecule has 0 saturated heterocycles. The molecule has 0 aliphatic heterocycles. The van der Waals surface area contributed by atoms with Gasteiger partial charge in [0.1, 0.15) is 0 Å². The molecule has 0 bridgehead atoms. The quantitative estimate of drug-likeness (QED) is 0.162. The van der Waals surface area contributed by atoms with Gasteiger partial charge in [0.25, 0.3) is 0 Å². The molecule has 0 aliphatic carbocycles. The van der Waals surface area contributed by atoms with Crippen LogP contribution in [0.1, 0.15) is 0 Å². The number of benzene rings is 7. The van der Waals surface area contributed by atoms with Gasteiger partial charge < -0.3 is 10.2 Å². The van der Waals surface area contributed by atoms with E-state index in [4.69, 9.17) is 0 Å². The van der Waals surface area contributed by atoms with Gasteiger partial charge in [-0.25, -0.2) is 0 Å². The molecule has 7 aromatic carbocycles. The molecule has 0 spiro atoms. The Hall–Kier alpha value is -4.04. The van der Waals surface area contributed by atoms with Gasteiger partial charge in [0.2, 0.25) is 0 Å². The fraction of sp³-hybridized carbons (Fsp3) is 0. The molecular formula is C28H16O2. The summed E-state index contributed by atoms with van der Waals surface area (Å²) in [6, 6.07) is 29.1. The summed E-state index contributed by atoms with van der Waals surface area (Å²) >= 11 is 0. The third kappa shape index (κ3) is 1.79. The summed E-state index contributed by atoms with van der Waals surface area (Å²) < 4.78 is 0. The highest BCUT2D eigenvalue weighted by atomic mass is 16.3.